The fraction of sp³-hybridized carbons (Fsp3) is 0.458. The van der Waals surface area contributed by atoms with Gasteiger partial charge in [-0.3, -0.25) is 9.10 Å². The topological polar surface area (TPSA) is 54.5 Å². The van der Waals surface area contributed by atoms with Gasteiger partial charge >= 0.3 is 6.18 Å². The smallest absolute Gasteiger partial charge is 0.328 e. The number of quaternary nitrogens is 1. The maximum absolute atomic E-state index is 13.4. The second-order valence-corrected chi connectivity index (χ2v) is 11.7. The van der Waals surface area contributed by atoms with Crippen molar-refractivity contribution in [2.75, 3.05) is 38.0 Å². The van der Waals surface area contributed by atoms with Gasteiger partial charge in [-0.25, -0.2) is 8.42 Å². The summed E-state index contributed by atoms with van der Waals surface area (Å²) in [4.78, 5) is 12.8. The van der Waals surface area contributed by atoms with Crippen LogP contribution in [0.2, 0.25) is 5.02 Å². The number of Topliss-reactive ketones (excluding diaryl/α,β-unsaturated/α-hetero) is 1. The lowest BCUT2D eigenvalue weighted by Gasteiger charge is -2.37. The number of benzene rings is 2. The zero-order chi connectivity index (χ0) is 25.1. The van der Waals surface area contributed by atoms with Crippen LogP contribution in [0.15, 0.2) is 53.4 Å². The van der Waals surface area contributed by atoms with E-state index in [9.17, 15) is 26.4 Å². The number of ketones is 1. The van der Waals surface area contributed by atoms with Crippen molar-refractivity contribution in [1.29, 1.82) is 0 Å². The first-order chi connectivity index (χ1) is 15.8. The monoisotopic (exact) mass is 517 g/mol. The van der Waals surface area contributed by atoms with Crippen LogP contribution in [0.25, 0.3) is 0 Å². The molecule has 1 saturated heterocycles. The summed E-state index contributed by atoms with van der Waals surface area (Å²) in [5.41, 5.74) is -1.42. The van der Waals surface area contributed by atoms with Crippen molar-refractivity contribution in [2.45, 2.75) is 36.8 Å². The van der Waals surface area contributed by atoms with Gasteiger partial charge in [-0.1, -0.05) is 29.8 Å². The molecule has 2 aromatic rings. The van der Waals surface area contributed by atoms with E-state index < -0.39 is 28.3 Å². The highest BCUT2D eigenvalue weighted by Gasteiger charge is 2.35. The normalized spacial score (nSPS) is 16.9. The zero-order valence-corrected chi connectivity index (χ0v) is 20.8. The lowest BCUT2D eigenvalue weighted by atomic mass is 9.90. The Kier molecular flexibility index (Phi) is 7.99. The Labute approximate surface area is 203 Å². The minimum Gasteiger partial charge on any atom is -0.328 e. The van der Waals surface area contributed by atoms with Gasteiger partial charge < -0.3 is 4.48 Å². The molecule has 34 heavy (non-hydrogen) atoms. The first-order valence-corrected chi connectivity index (χ1v) is 12.9. The van der Waals surface area contributed by atoms with Crippen LogP contribution < -0.4 is 4.31 Å². The molecular weight excluding hydrogens is 489 g/mol. The SMILES string of the molecule is C[N+]1(C)CCC(CCC(=O)CN(c2cc(C(F)(F)F)ccc2Cl)S(=O)(=O)c2ccccc2)CC1. The molecule has 0 radical (unpaired) electrons. The van der Waals surface area contributed by atoms with Crippen molar-refractivity contribution in [3.05, 3.63) is 59.1 Å². The third-order valence-electron chi connectivity index (χ3n) is 6.31. The minimum absolute atomic E-state index is 0.136. The van der Waals surface area contributed by atoms with Gasteiger partial charge in [0.2, 0.25) is 0 Å². The summed E-state index contributed by atoms with van der Waals surface area (Å²) in [5.74, 6) is -0.00117. The van der Waals surface area contributed by atoms with Crippen LogP contribution in [0.1, 0.15) is 31.2 Å². The predicted octanol–water partition coefficient (Wildman–Crippen LogP) is 5.39. The van der Waals surface area contributed by atoms with Gasteiger partial charge in [0.1, 0.15) is 0 Å². The second-order valence-electron chi connectivity index (χ2n) is 9.39. The van der Waals surface area contributed by atoms with Crippen LogP contribution >= 0.6 is 11.6 Å². The Morgan fingerprint density at radius 3 is 2.29 bits per heavy atom. The number of rotatable bonds is 8. The second kappa shape index (κ2) is 10.3. The Morgan fingerprint density at radius 1 is 1.09 bits per heavy atom. The molecule has 0 saturated carbocycles. The molecule has 0 bridgehead atoms. The van der Waals surface area contributed by atoms with E-state index in [4.69, 9.17) is 11.6 Å². The third-order valence-corrected chi connectivity index (χ3v) is 8.40. The fourth-order valence-electron chi connectivity index (χ4n) is 4.11. The van der Waals surface area contributed by atoms with Crippen LogP contribution in [0.4, 0.5) is 18.9 Å². The molecule has 3 rings (SSSR count). The molecule has 2 aromatic carbocycles. The Hall–Kier alpha value is -2.10. The Morgan fingerprint density at radius 2 is 1.71 bits per heavy atom. The molecule has 0 unspecified atom stereocenters. The molecule has 0 spiro atoms. The van der Waals surface area contributed by atoms with E-state index in [0.29, 0.717) is 22.7 Å². The first-order valence-electron chi connectivity index (χ1n) is 11.1. The van der Waals surface area contributed by atoms with E-state index in [1.165, 1.54) is 24.3 Å². The lowest BCUT2D eigenvalue weighted by Crippen LogP contribution is -2.46. The summed E-state index contributed by atoms with van der Waals surface area (Å²) in [6.07, 6.45) is -1.97. The number of likely N-dealkylation sites (tertiary alicyclic amines) is 1. The van der Waals surface area contributed by atoms with Crippen LogP contribution in [0.5, 0.6) is 0 Å². The molecule has 0 amide bonds. The largest absolute Gasteiger partial charge is 0.416 e. The van der Waals surface area contributed by atoms with Gasteiger partial charge in [-0.2, -0.15) is 13.2 Å². The van der Waals surface area contributed by atoms with E-state index in [1.807, 2.05) is 0 Å². The fourth-order valence-corrected chi connectivity index (χ4v) is 5.86. The zero-order valence-electron chi connectivity index (χ0n) is 19.2. The maximum atomic E-state index is 13.4. The number of carbonyl (C=O) groups is 1. The molecule has 1 fully saturated rings. The summed E-state index contributed by atoms with van der Waals surface area (Å²) in [6, 6.07) is 9.75. The van der Waals surface area contributed by atoms with Crippen LogP contribution in [-0.2, 0) is 21.0 Å². The number of sulfonamides is 1. The van der Waals surface area contributed by atoms with Crippen molar-refractivity contribution in [3.63, 3.8) is 0 Å². The van der Waals surface area contributed by atoms with Crippen molar-refractivity contribution in [3.8, 4) is 0 Å². The highest BCUT2D eigenvalue weighted by atomic mass is 35.5. The number of alkyl halides is 3. The van der Waals surface area contributed by atoms with Gasteiger partial charge in [0.05, 0.1) is 54.9 Å². The highest BCUT2D eigenvalue weighted by Crippen LogP contribution is 2.37. The summed E-state index contributed by atoms with van der Waals surface area (Å²) >= 11 is 6.16. The molecule has 1 aliphatic rings. The quantitative estimate of drug-likeness (QED) is 0.441. The van der Waals surface area contributed by atoms with Gasteiger partial charge in [-0.05, 0) is 55.5 Å². The van der Waals surface area contributed by atoms with Crippen molar-refractivity contribution in [2.24, 2.45) is 5.92 Å². The first kappa shape index (κ1) is 26.5. The summed E-state index contributed by atoms with van der Waals surface area (Å²) < 4.78 is 68.5. The minimum atomic E-state index is -4.70. The molecule has 0 atom stereocenters. The standard InChI is InChI=1S/C24H29ClF3N2O3S/c1-30(2)14-12-18(13-15-30)8-10-20(31)17-29(34(32,33)21-6-4-3-5-7-21)23-16-19(24(26,27)28)9-11-22(23)25/h3-7,9,11,16,18H,8,10,12-15,17H2,1-2H3/q+1. The number of halogens is 4. The molecule has 10 heteroatoms. The van der Waals surface area contributed by atoms with Crippen molar-refractivity contribution in [1.82, 2.24) is 0 Å². The van der Waals surface area contributed by atoms with E-state index in [2.05, 4.69) is 14.1 Å². The maximum Gasteiger partial charge on any atom is 0.416 e. The molecule has 0 aliphatic carbocycles. The number of nitrogens with zero attached hydrogens (tertiary/aromatic N) is 2. The lowest BCUT2D eigenvalue weighted by molar-refractivity contribution is -0.896. The molecule has 186 valence electrons. The highest BCUT2D eigenvalue weighted by molar-refractivity contribution is 7.92. The molecule has 1 aliphatic heterocycles. The summed E-state index contributed by atoms with van der Waals surface area (Å²) in [7, 11) is -0.0159. The number of piperidine rings is 1. The van der Waals surface area contributed by atoms with Crippen molar-refractivity contribution < 1.29 is 30.9 Å². The van der Waals surface area contributed by atoms with Crippen molar-refractivity contribution >= 4 is 33.1 Å². The summed E-state index contributed by atoms with van der Waals surface area (Å²) in [6.45, 7) is 1.42. The Bertz CT molecular complexity index is 1110. The van der Waals surface area contributed by atoms with Crippen LogP contribution in [-0.4, -0.2) is 52.4 Å². The molecule has 0 aromatic heterocycles. The number of hydrogen-bond donors (Lipinski definition) is 0. The number of hydrogen-bond acceptors (Lipinski definition) is 3. The number of carbonyl (C=O) groups excluding carboxylic acids is 1. The number of anilines is 1. The molecule has 1 heterocycles. The van der Waals surface area contributed by atoms with Crippen LogP contribution in [0, 0.1) is 5.92 Å². The molecular formula is C24H29ClF3N2O3S+. The average molecular weight is 518 g/mol. The molecule has 0 N–H and O–H groups in total. The van der Waals surface area contributed by atoms with Crippen LogP contribution in [0.3, 0.4) is 0 Å². The van der Waals surface area contributed by atoms with E-state index >= 15 is 0 Å². The Balaban J connectivity index is 1.87. The van der Waals surface area contributed by atoms with E-state index in [0.717, 1.165) is 42.5 Å². The van der Waals surface area contributed by atoms with E-state index in [-0.39, 0.29) is 27.8 Å². The van der Waals surface area contributed by atoms with Gasteiger partial charge in [-0.15, -0.1) is 0 Å². The van der Waals surface area contributed by atoms with Gasteiger partial charge in [0, 0.05) is 6.42 Å². The third kappa shape index (κ3) is 6.52. The summed E-state index contributed by atoms with van der Waals surface area (Å²) in [5, 5.41) is -0.187. The predicted molar refractivity (Wildman–Crippen MR) is 126 cm³/mol. The average Bonchev–Trinajstić information content (AvgIpc) is 2.77. The molecule has 5 nitrogen and oxygen atoms in total. The van der Waals surface area contributed by atoms with E-state index in [1.54, 1.807) is 6.07 Å². The van der Waals surface area contributed by atoms with Gasteiger partial charge in [0.15, 0.2) is 5.78 Å². The van der Waals surface area contributed by atoms with Gasteiger partial charge in [0.25, 0.3) is 10.0 Å².